The fourth-order valence-electron chi connectivity index (χ4n) is 2.67. The van der Waals surface area contributed by atoms with Gasteiger partial charge in [-0.2, -0.15) is 0 Å². The fraction of sp³-hybridized carbons (Fsp3) is 0.412. The highest BCUT2D eigenvalue weighted by atomic mass is 16.5. The van der Waals surface area contributed by atoms with E-state index >= 15 is 0 Å². The zero-order chi connectivity index (χ0) is 14.8. The van der Waals surface area contributed by atoms with Gasteiger partial charge in [-0.05, 0) is 12.1 Å². The molecule has 0 bridgehead atoms. The molecule has 1 saturated heterocycles. The van der Waals surface area contributed by atoms with Crippen molar-refractivity contribution in [3.05, 3.63) is 36.4 Å². The number of rotatable bonds is 3. The lowest BCUT2D eigenvalue weighted by atomic mass is 10.2. The van der Waals surface area contributed by atoms with Gasteiger partial charge in [0.15, 0.2) is 0 Å². The topological polar surface area (TPSA) is 42.4 Å². The van der Waals surface area contributed by atoms with E-state index in [0.29, 0.717) is 12.4 Å². The van der Waals surface area contributed by atoms with Crippen molar-refractivity contribution in [2.75, 3.05) is 13.1 Å². The predicted octanol–water partition coefficient (Wildman–Crippen LogP) is 2.87. The van der Waals surface area contributed by atoms with Crippen molar-refractivity contribution in [1.29, 1.82) is 0 Å². The third kappa shape index (κ3) is 2.99. The zero-order valence-electron chi connectivity index (χ0n) is 12.5. The minimum atomic E-state index is 0.0429. The van der Waals surface area contributed by atoms with Crippen LogP contribution in [0.3, 0.4) is 0 Å². The molecule has 4 heteroatoms. The van der Waals surface area contributed by atoms with Gasteiger partial charge in [0.05, 0.1) is 12.1 Å². The molecule has 21 heavy (non-hydrogen) atoms. The van der Waals surface area contributed by atoms with Gasteiger partial charge < -0.3 is 9.64 Å². The van der Waals surface area contributed by atoms with Crippen molar-refractivity contribution in [3.63, 3.8) is 0 Å². The van der Waals surface area contributed by atoms with Crippen molar-refractivity contribution in [2.45, 2.75) is 26.4 Å². The number of fused-ring (bicyclic) bond motifs is 1. The molecule has 3 rings (SSSR count). The summed E-state index contributed by atoms with van der Waals surface area (Å²) in [5, 5.41) is 1.10. The first-order chi connectivity index (χ1) is 10.1. The maximum absolute atomic E-state index is 12.0. The number of pyridine rings is 1. The van der Waals surface area contributed by atoms with Crippen LogP contribution in [0.5, 0.6) is 5.88 Å². The molecule has 0 spiro atoms. The number of amides is 1. The van der Waals surface area contributed by atoms with Crippen LogP contribution in [0.4, 0.5) is 0 Å². The maximum atomic E-state index is 12.0. The molecule has 110 valence electrons. The summed E-state index contributed by atoms with van der Waals surface area (Å²) >= 11 is 0. The molecule has 0 saturated carbocycles. The van der Waals surface area contributed by atoms with Crippen molar-refractivity contribution in [1.82, 2.24) is 9.88 Å². The summed E-state index contributed by atoms with van der Waals surface area (Å²) in [6.07, 6.45) is 0.911. The molecule has 0 N–H and O–H groups in total. The molecule has 1 unspecified atom stereocenters. The first-order valence-corrected chi connectivity index (χ1v) is 7.45. The van der Waals surface area contributed by atoms with Gasteiger partial charge in [-0.1, -0.05) is 32.0 Å². The normalized spacial score (nSPS) is 18.4. The van der Waals surface area contributed by atoms with Gasteiger partial charge in [-0.25, -0.2) is 4.98 Å². The average molecular weight is 284 g/mol. The van der Waals surface area contributed by atoms with Crippen LogP contribution in [0.15, 0.2) is 36.4 Å². The molecule has 4 nitrogen and oxygen atoms in total. The van der Waals surface area contributed by atoms with E-state index in [9.17, 15) is 4.79 Å². The molecular weight excluding hydrogens is 264 g/mol. The number of ether oxygens (including phenoxy) is 1. The van der Waals surface area contributed by atoms with Crippen molar-refractivity contribution < 1.29 is 9.53 Å². The van der Waals surface area contributed by atoms with Crippen LogP contribution >= 0.6 is 0 Å². The van der Waals surface area contributed by atoms with Crippen molar-refractivity contribution >= 4 is 16.8 Å². The maximum Gasteiger partial charge on any atom is 0.225 e. The highest BCUT2D eigenvalue weighted by molar-refractivity contribution is 5.79. The molecule has 1 aromatic heterocycles. The molecular formula is C17H20N2O2. The van der Waals surface area contributed by atoms with Gasteiger partial charge in [0.2, 0.25) is 11.8 Å². The molecule has 0 radical (unpaired) electrons. The third-order valence-electron chi connectivity index (χ3n) is 3.81. The average Bonchev–Trinajstić information content (AvgIpc) is 2.94. The number of nitrogens with zero attached hydrogens (tertiary/aromatic N) is 2. The Morgan fingerprint density at radius 3 is 2.90 bits per heavy atom. The number of aromatic nitrogens is 1. The lowest BCUT2D eigenvalue weighted by Crippen LogP contribution is -2.33. The molecule has 1 fully saturated rings. The Morgan fingerprint density at radius 2 is 2.10 bits per heavy atom. The van der Waals surface area contributed by atoms with Gasteiger partial charge in [-0.3, -0.25) is 4.79 Å². The fourth-order valence-corrected chi connectivity index (χ4v) is 2.67. The lowest BCUT2D eigenvalue weighted by Gasteiger charge is -2.18. The summed E-state index contributed by atoms with van der Waals surface area (Å²) < 4.78 is 5.94. The molecule has 2 heterocycles. The standard InChI is InChI=1S/C17H20N2O2/c1-12(2)17(20)19-10-9-14(11-19)21-16-8-7-13-5-3-4-6-15(13)18-16/h3-8,12,14H,9-11H2,1-2H3. The number of para-hydroxylation sites is 1. The second-order valence-electron chi connectivity index (χ2n) is 5.81. The van der Waals surface area contributed by atoms with Crippen LogP contribution in [0.25, 0.3) is 10.9 Å². The quantitative estimate of drug-likeness (QED) is 0.870. The second kappa shape index (κ2) is 5.72. The molecule has 2 aromatic rings. The van der Waals surface area contributed by atoms with Crippen molar-refractivity contribution in [3.8, 4) is 5.88 Å². The molecule has 1 aromatic carbocycles. The number of likely N-dealkylation sites (tertiary alicyclic amines) is 1. The van der Waals surface area contributed by atoms with E-state index < -0.39 is 0 Å². The molecule has 1 aliphatic rings. The first kappa shape index (κ1) is 13.9. The number of benzene rings is 1. The van der Waals surface area contributed by atoms with E-state index in [0.717, 1.165) is 23.9 Å². The highest BCUT2D eigenvalue weighted by Crippen LogP contribution is 2.21. The van der Waals surface area contributed by atoms with Gasteiger partial charge in [0.25, 0.3) is 0 Å². The Bertz CT molecular complexity index is 654. The number of hydrogen-bond donors (Lipinski definition) is 0. The number of carbonyl (C=O) groups is 1. The van der Waals surface area contributed by atoms with Crippen LogP contribution < -0.4 is 4.74 Å². The number of hydrogen-bond acceptors (Lipinski definition) is 3. The Morgan fingerprint density at radius 1 is 1.29 bits per heavy atom. The third-order valence-corrected chi connectivity index (χ3v) is 3.81. The Labute approximate surface area is 124 Å². The Balaban J connectivity index is 1.67. The Kier molecular flexibility index (Phi) is 3.78. The molecule has 1 amide bonds. The van der Waals surface area contributed by atoms with E-state index in [2.05, 4.69) is 4.98 Å². The van der Waals surface area contributed by atoms with Gasteiger partial charge in [-0.15, -0.1) is 0 Å². The summed E-state index contributed by atoms with van der Waals surface area (Å²) in [5.41, 5.74) is 0.933. The summed E-state index contributed by atoms with van der Waals surface area (Å²) in [6, 6.07) is 11.9. The highest BCUT2D eigenvalue weighted by Gasteiger charge is 2.28. The molecule has 1 atom stereocenters. The number of carbonyl (C=O) groups excluding carboxylic acids is 1. The second-order valence-corrected chi connectivity index (χ2v) is 5.81. The summed E-state index contributed by atoms with van der Waals surface area (Å²) in [4.78, 5) is 18.4. The van der Waals surface area contributed by atoms with E-state index in [1.165, 1.54) is 0 Å². The van der Waals surface area contributed by atoms with Crippen LogP contribution in [-0.2, 0) is 4.79 Å². The zero-order valence-corrected chi connectivity index (χ0v) is 12.5. The van der Waals surface area contributed by atoms with Crippen LogP contribution in [0.2, 0.25) is 0 Å². The van der Waals surface area contributed by atoms with Crippen LogP contribution in [0.1, 0.15) is 20.3 Å². The van der Waals surface area contributed by atoms with Crippen molar-refractivity contribution in [2.24, 2.45) is 5.92 Å². The summed E-state index contributed by atoms with van der Waals surface area (Å²) in [7, 11) is 0. The summed E-state index contributed by atoms with van der Waals surface area (Å²) in [6.45, 7) is 5.30. The summed E-state index contributed by atoms with van der Waals surface area (Å²) in [5.74, 6) is 0.882. The first-order valence-electron chi connectivity index (χ1n) is 7.45. The molecule has 1 aliphatic heterocycles. The monoisotopic (exact) mass is 284 g/mol. The van der Waals surface area contributed by atoms with E-state index in [1.807, 2.05) is 55.1 Å². The van der Waals surface area contributed by atoms with Gasteiger partial charge >= 0.3 is 0 Å². The van der Waals surface area contributed by atoms with E-state index in [4.69, 9.17) is 4.74 Å². The SMILES string of the molecule is CC(C)C(=O)N1CCC(Oc2ccc3ccccc3n2)C1. The minimum Gasteiger partial charge on any atom is -0.472 e. The smallest absolute Gasteiger partial charge is 0.225 e. The van der Waals surface area contributed by atoms with Gasteiger partial charge in [0, 0.05) is 30.3 Å². The Hall–Kier alpha value is -2.10. The van der Waals surface area contributed by atoms with Crippen LogP contribution in [-0.4, -0.2) is 35.0 Å². The minimum absolute atomic E-state index is 0.0429. The van der Waals surface area contributed by atoms with E-state index in [-0.39, 0.29) is 17.9 Å². The van der Waals surface area contributed by atoms with E-state index in [1.54, 1.807) is 0 Å². The van der Waals surface area contributed by atoms with Crippen LogP contribution in [0, 0.1) is 5.92 Å². The predicted molar refractivity (Wildman–Crippen MR) is 82.2 cm³/mol. The lowest BCUT2D eigenvalue weighted by molar-refractivity contribution is -0.133. The van der Waals surface area contributed by atoms with Gasteiger partial charge in [0.1, 0.15) is 6.10 Å². The molecule has 0 aliphatic carbocycles. The largest absolute Gasteiger partial charge is 0.472 e.